The quantitative estimate of drug-likeness (QED) is 0.813. The Labute approximate surface area is 163 Å². The molecule has 1 aliphatic heterocycles. The number of hydrogen-bond donors (Lipinski definition) is 1. The number of hydrogen-bond acceptors (Lipinski definition) is 5. The summed E-state index contributed by atoms with van der Waals surface area (Å²) < 4.78 is 37.5. The van der Waals surface area contributed by atoms with Crippen molar-refractivity contribution in [3.8, 4) is 0 Å². The highest BCUT2D eigenvalue weighted by Gasteiger charge is 2.35. The molecule has 1 unspecified atom stereocenters. The van der Waals surface area contributed by atoms with Crippen LogP contribution in [-0.2, 0) is 15.8 Å². The Balaban J connectivity index is 1.48. The first-order valence-corrected chi connectivity index (χ1v) is 9.68. The second-order valence-electron chi connectivity index (χ2n) is 6.55. The van der Waals surface area contributed by atoms with Crippen molar-refractivity contribution in [3.05, 3.63) is 40.9 Å². The maximum absolute atomic E-state index is 12.5. The minimum absolute atomic E-state index is 0.00171. The number of anilines is 1. The molecule has 6 nitrogen and oxygen atoms in total. The smallest absolute Gasteiger partial charge is 0.342 e. The van der Waals surface area contributed by atoms with Gasteiger partial charge in [0.1, 0.15) is 0 Å². The Morgan fingerprint density at radius 1 is 1.18 bits per heavy atom. The Bertz CT molecular complexity index is 826. The third kappa shape index (κ3) is 5.28. The molecule has 1 aliphatic rings. The van der Waals surface area contributed by atoms with E-state index in [0.29, 0.717) is 13.1 Å². The van der Waals surface area contributed by atoms with Gasteiger partial charge in [-0.1, -0.05) is 41.7 Å². The Morgan fingerprint density at radius 2 is 1.93 bits per heavy atom. The molecule has 28 heavy (non-hydrogen) atoms. The van der Waals surface area contributed by atoms with Crippen LogP contribution < -0.4 is 5.32 Å². The normalized spacial score (nSPS) is 17.4. The van der Waals surface area contributed by atoms with Crippen molar-refractivity contribution >= 4 is 28.3 Å². The van der Waals surface area contributed by atoms with Crippen molar-refractivity contribution in [2.75, 3.05) is 18.4 Å². The maximum atomic E-state index is 12.5. The Hall–Kier alpha value is -2.49. The number of amides is 2. The maximum Gasteiger partial charge on any atom is 0.445 e. The number of alkyl halides is 3. The molecular formula is C18H19F3N4O2S. The summed E-state index contributed by atoms with van der Waals surface area (Å²) in [6.45, 7) is 1.25. The van der Waals surface area contributed by atoms with E-state index < -0.39 is 17.1 Å². The van der Waals surface area contributed by atoms with Crippen LogP contribution in [-0.4, -0.2) is 40.0 Å². The van der Waals surface area contributed by atoms with E-state index in [1.54, 1.807) is 4.90 Å². The van der Waals surface area contributed by atoms with E-state index in [2.05, 4.69) is 15.5 Å². The Morgan fingerprint density at radius 3 is 2.61 bits per heavy atom. The summed E-state index contributed by atoms with van der Waals surface area (Å²) in [5.41, 5.74) is 1.19. The third-order valence-corrected chi connectivity index (χ3v) is 5.41. The summed E-state index contributed by atoms with van der Waals surface area (Å²) in [5, 5.41) is 7.21. The van der Waals surface area contributed by atoms with Crippen LogP contribution in [0.2, 0.25) is 0 Å². The molecule has 2 amide bonds. The second kappa shape index (κ2) is 8.68. The van der Waals surface area contributed by atoms with Gasteiger partial charge in [0.25, 0.3) is 0 Å². The van der Waals surface area contributed by atoms with Gasteiger partial charge in [0.2, 0.25) is 22.0 Å². The van der Waals surface area contributed by atoms with Crippen LogP contribution in [0.4, 0.5) is 18.3 Å². The van der Waals surface area contributed by atoms with Gasteiger partial charge >= 0.3 is 6.18 Å². The van der Waals surface area contributed by atoms with Crippen molar-refractivity contribution in [1.82, 2.24) is 15.1 Å². The van der Waals surface area contributed by atoms with Crippen LogP contribution >= 0.6 is 11.3 Å². The zero-order valence-corrected chi connectivity index (χ0v) is 15.7. The van der Waals surface area contributed by atoms with Crippen molar-refractivity contribution in [3.63, 3.8) is 0 Å². The van der Waals surface area contributed by atoms with Gasteiger partial charge in [-0.05, 0) is 18.4 Å². The average Bonchev–Trinajstić information content (AvgIpc) is 3.16. The number of likely N-dealkylation sites (tertiary alicyclic amines) is 1. The first kappa shape index (κ1) is 20.2. The predicted molar refractivity (Wildman–Crippen MR) is 97.8 cm³/mol. The number of nitrogens with zero attached hydrogens (tertiary/aromatic N) is 3. The highest BCUT2D eigenvalue weighted by molar-refractivity contribution is 7.15. The predicted octanol–water partition coefficient (Wildman–Crippen LogP) is 3.68. The van der Waals surface area contributed by atoms with Crippen LogP contribution in [0.1, 0.15) is 42.2 Å². The summed E-state index contributed by atoms with van der Waals surface area (Å²) in [5.74, 6) is -0.422. The fourth-order valence-corrected chi connectivity index (χ4v) is 3.78. The molecule has 1 aromatic carbocycles. The molecule has 150 valence electrons. The van der Waals surface area contributed by atoms with E-state index in [4.69, 9.17) is 0 Å². The molecule has 0 radical (unpaired) electrons. The third-order valence-electron chi connectivity index (χ3n) is 4.52. The van der Waals surface area contributed by atoms with E-state index in [1.165, 1.54) is 5.56 Å². The summed E-state index contributed by atoms with van der Waals surface area (Å²) in [7, 11) is 0. The molecule has 1 aromatic heterocycles. The molecule has 1 atom stereocenters. The first-order valence-electron chi connectivity index (χ1n) is 8.86. The highest BCUT2D eigenvalue weighted by atomic mass is 32.1. The summed E-state index contributed by atoms with van der Waals surface area (Å²) in [6, 6.07) is 9.98. The molecule has 2 heterocycles. The molecule has 1 fully saturated rings. The van der Waals surface area contributed by atoms with Gasteiger partial charge in [0, 0.05) is 31.8 Å². The van der Waals surface area contributed by atoms with E-state index in [9.17, 15) is 22.8 Å². The van der Waals surface area contributed by atoms with Crippen LogP contribution in [0, 0.1) is 0 Å². The lowest BCUT2D eigenvalue weighted by Crippen LogP contribution is -2.39. The Kier molecular flexibility index (Phi) is 6.28. The summed E-state index contributed by atoms with van der Waals surface area (Å²) in [4.78, 5) is 26.1. The van der Waals surface area contributed by atoms with Crippen LogP contribution in [0.3, 0.4) is 0 Å². The van der Waals surface area contributed by atoms with Gasteiger partial charge < -0.3 is 10.2 Å². The highest BCUT2D eigenvalue weighted by Crippen LogP contribution is 2.33. The van der Waals surface area contributed by atoms with E-state index in [1.807, 2.05) is 30.3 Å². The molecule has 0 aliphatic carbocycles. The standard InChI is InChI=1S/C18H19F3N4O2S/c19-18(20,21)16-23-24-17(28-16)22-14(26)8-9-15(27)25-10-4-7-13(11-25)12-5-2-1-3-6-12/h1-3,5-6,13H,4,7-11H2,(H,22,24,26). The lowest BCUT2D eigenvalue weighted by atomic mass is 9.90. The number of rotatable bonds is 5. The lowest BCUT2D eigenvalue weighted by molar-refractivity contribution is -0.138. The van der Waals surface area contributed by atoms with Gasteiger partial charge in [-0.3, -0.25) is 9.59 Å². The topological polar surface area (TPSA) is 75.2 Å². The van der Waals surface area contributed by atoms with Gasteiger partial charge in [0.15, 0.2) is 0 Å². The largest absolute Gasteiger partial charge is 0.445 e. The van der Waals surface area contributed by atoms with Crippen molar-refractivity contribution in [1.29, 1.82) is 0 Å². The van der Waals surface area contributed by atoms with E-state index >= 15 is 0 Å². The summed E-state index contributed by atoms with van der Waals surface area (Å²) in [6.07, 6.45) is -2.82. The van der Waals surface area contributed by atoms with Gasteiger partial charge in [0.05, 0.1) is 0 Å². The fraction of sp³-hybridized carbons (Fsp3) is 0.444. The molecule has 1 saturated heterocycles. The number of piperidine rings is 1. The fourth-order valence-electron chi connectivity index (χ4n) is 3.15. The zero-order valence-electron chi connectivity index (χ0n) is 14.9. The number of benzene rings is 1. The van der Waals surface area contributed by atoms with E-state index in [0.717, 1.165) is 12.8 Å². The minimum Gasteiger partial charge on any atom is -0.342 e. The van der Waals surface area contributed by atoms with Crippen LogP contribution in [0.25, 0.3) is 0 Å². The van der Waals surface area contributed by atoms with Crippen molar-refractivity contribution < 1.29 is 22.8 Å². The van der Waals surface area contributed by atoms with Gasteiger partial charge in [-0.2, -0.15) is 13.2 Å². The molecule has 0 bridgehead atoms. The first-order chi connectivity index (χ1) is 13.3. The number of carbonyl (C=O) groups is 2. The van der Waals surface area contributed by atoms with Crippen molar-refractivity contribution in [2.45, 2.75) is 37.8 Å². The number of halogens is 3. The SMILES string of the molecule is O=C(CCC(=O)N1CCCC(c2ccccc2)C1)Nc1nnc(C(F)(F)F)s1. The van der Waals surface area contributed by atoms with Gasteiger partial charge in [-0.15, -0.1) is 10.2 Å². The van der Waals surface area contributed by atoms with Crippen molar-refractivity contribution in [2.24, 2.45) is 0 Å². The van der Waals surface area contributed by atoms with E-state index in [-0.39, 0.29) is 41.1 Å². The molecular weight excluding hydrogens is 393 g/mol. The zero-order chi connectivity index (χ0) is 20.1. The molecule has 0 spiro atoms. The van der Waals surface area contributed by atoms with Crippen LogP contribution in [0.5, 0.6) is 0 Å². The van der Waals surface area contributed by atoms with Gasteiger partial charge in [-0.25, -0.2) is 0 Å². The number of aromatic nitrogens is 2. The summed E-state index contributed by atoms with van der Waals surface area (Å²) >= 11 is 0.254. The average molecular weight is 412 g/mol. The lowest BCUT2D eigenvalue weighted by Gasteiger charge is -2.33. The number of carbonyl (C=O) groups excluding carboxylic acids is 2. The molecule has 2 aromatic rings. The number of nitrogens with one attached hydrogen (secondary N) is 1. The van der Waals surface area contributed by atoms with Crippen LogP contribution in [0.15, 0.2) is 30.3 Å². The molecule has 0 saturated carbocycles. The molecule has 3 rings (SSSR count). The monoisotopic (exact) mass is 412 g/mol. The minimum atomic E-state index is -4.60. The molecule has 1 N–H and O–H groups in total. The second-order valence-corrected chi connectivity index (χ2v) is 7.53. The molecule has 10 heteroatoms.